The molecule has 7 heteroatoms. The van der Waals surface area contributed by atoms with Crippen molar-refractivity contribution in [2.24, 2.45) is 5.92 Å². The Bertz CT molecular complexity index is 1000. The Hall–Kier alpha value is -2.93. The van der Waals surface area contributed by atoms with Crippen molar-refractivity contribution in [2.45, 2.75) is 31.3 Å². The van der Waals surface area contributed by atoms with Crippen molar-refractivity contribution in [1.29, 1.82) is 0 Å². The molecule has 3 fully saturated rings. The lowest BCUT2D eigenvalue weighted by molar-refractivity contribution is 0.0696. The summed E-state index contributed by atoms with van der Waals surface area (Å²) in [5.74, 6) is -0.842. The molecule has 4 aliphatic rings. The van der Waals surface area contributed by atoms with Gasteiger partial charge in [0.05, 0.1) is 11.6 Å². The molecule has 0 spiro atoms. The normalized spacial score (nSPS) is 26.9. The van der Waals surface area contributed by atoms with E-state index in [4.69, 9.17) is 0 Å². The number of benzene rings is 2. The Morgan fingerprint density at radius 2 is 1.77 bits per heavy atom. The van der Waals surface area contributed by atoms with Crippen molar-refractivity contribution >= 4 is 12.0 Å². The van der Waals surface area contributed by atoms with E-state index in [1.54, 1.807) is 29.2 Å². The fraction of sp³-hybridized carbons (Fsp3) is 0.417. The minimum Gasteiger partial charge on any atom is -0.478 e. The first kappa shape index (κ1) is 20.0. The van der Waals surface area contributed by atoms with Crippen LogP contribution in [0.1, 0.15) is 45.9 Å². The number of hydrogen-bond donors (Lipinski definition) is 2. The van der Waals surface area contributed by atoms with Gasteiger partial charge in [-0.2, -0.15) is 0 Å². The highest BCUT2D eigenvalue weighted by atomic mass is 19.1. The number of carboxylic acid groups (broad SMARTS) is 1. The molecule has 162 valence electrons. The second-order valence-electron chi connectivity index (χ2n) is 8.81. The molecule has 3 saturated heterocycles. The molecule has 0 radical (unpaired) electrons. The molecule has 2 amide bonds. The number of carbonyl (C=O) groups excluding carboxylic acids is 1. The lowest BCUT2D eigenvalue weighted by Gasteiger charge is -2.46. The summed E-state index contributed by atoms with van der Waals surface area (Å²) in [5, 5.41) is 12.7. The van der Waals surface area contributed by atoms with Crippen LogP contribution >= 0.6 is 0 Å². The first-order valence-electron chi connectivity index (χ1n) is 10.9. The standard InChI is InChI=1S/C24H26FN3O3/c25-19-5-3-17(4-6-19)22-20-13-18(23(29)30)2-1-15(20)9-12-28(22)24(31)26-21-14-27-10-7-16(21)8-11-27/h1-6,13,16,21-22H,7-12,14H2,(H,26,31)(H,29,30)/t21?,22-/m0/s1. The number of rotatable bonds is 3. The lowest BCUT2D eigenvalue weighted by atomic mass is 9.84. The predicted octanol–water partition coefficient (Wildman–Crippen LogP) is 3.28. The van der Waals surface area contributed by atoms with Crippen molar-refractivity contribution < 1.29 is 19.1 Å². The second kappa shape index (κ2) is 7.96. The predicted molar refractivity (Wildman–Crippen MR) is 114 cm³/mol. The van der Waals surface area contributed by atoms with Crippen LogP contribution in [0.15, 0.2) is 42.5 Å². The molecular weight excluding hydrogens is 397 g/mol. The molecule has 6 nitrogen and oxygen atoms in total. The SMILES string of the molecule is O=C(O)c1ccc2c(c1)[C@H](c1ccc(F)cc1)N(C(=O)NC1CN3CCC1CC3)CC2. The maximum absolute atomic E-state index is 13.6. The molecule has 0 aliphatic carbocycles. The highest BCUT2D eigenvalue weighted by molar-refractivity contribution is 5.88. The molecule has 31 heavy (non-hydrogen) atoms. The number of aromatic carboxylic acids is 1. The molecule has 2 N–H and O–H groups in total. The Morgan fingerprint density at radius 3 is 2.42 bits per heavy atom. The van der Waals surface area contributed by atoms with Crippen LogP contribution in [0.3, 0.4) is 0 Å². The van der Waals surface area contributed by atoms with Crippen molar-refractivity contribution in [2.75, 3.05) is 26.2 Å². The van der Waals surface area contributed by atoms with E-state index in [1.165, 1.54) is 12.1 Å². The van der Waals surface area contributed by atoms with E-state index >= 15 is 0 Å². The van der Waals surface area contributed by atoms with Gasteiger partial charge in [-0.1, -0.05) is 18.2 Å². The van der Waals surface area contributed by atoms with Crippen LogP contribution in [-0.4, -0.2) is 59.1 Å². The maximum Gasteiger partial charge on any atom is 0.335 e. The number of piperidine rings is 3. The van der Waals surface area contributed by atoms with Crippen LogP contribution in [0, 0.1) is 11.7 Å². The van der Waals surface area contributed by atoms with Gasteiger partial charge in [0, 0.05) is 19.1 Å². The highest BCUT2D eigenvalue weighted by Crippen LogP contribution is 2.36. The zero-order valence-corrected chi connectivity index (χ0v) is 17.3. The molecule has 2 bridgehead atoms. The summed E-state index contributed by atoms with van der Waals surface area (Å²) in [7, 11) is 0. The maximum atomic E-state index is 13.6. The van der Waals surface area contributed by atoms with Gasteiger partial charge in [-0.05, 0) is 79.2 Å². The number of halogens is 1. The largest absolute Gasteiger partial charge is 0.478 e. The summed E-state index contributed by atoms with van der Waals surface area (Å²) >= 11 is 0. The molecular formula is C24H26FN3O3. The lowest BCUT2D eigenvalue weighted by Crippen LogP contribution is -2.59. The third-order valence-electron chi connectivity index (χ3n) is 7.03. The number of fused-ring (bicyclic) bond motifs is 4. The zero-order valence-electron chi connectivity index (χ0n) is 17.3. The average molecular weight is 423 g/mol. The van der Waals surface area contributed by atoms with Crippen LogP contribution in [0.4, 0.5) is 9.18 Å². The third-order valence-corrected chi connectivity index (χ3v) is 7.03. The quantitative estimate of drug-likeness (QED) is 0.795. The highest BCUT2D eigenvalue weighted by Gasteiger charge is 2.38. The first-order valence-corrected chi connectivity index (χ1v) is 10.9. The van der Waals surface area contributed by atoms with Gasteiger partial charge in [0.25, 0.3) is 0 Å². The van der Waals surface area contributed by atoms with Gasteiger partial charge in [-0.15, -0.1) is 0 Å². The van der Waals surface area contributed by atoms with Crippen LogP contribution in [0.5, 0.6) is 0 Å². The number of urea groups is 1. The summed E-state index contributed by atoms with van der Waals surface area (Å²) < 4.78 is 13.6. The van der Waals surface area contributed by atoms with Gasteiger partial charge in [-0.25, -0.2) is 14.0 Å². The number of nitrogens with zero attached hydrogens (tertiary/aromatic N) is 2. The van der Waals surface area contributed by atoms with E-state index < -0.39 is 12.0 Å². The van der Waals surface area contributed by atoms with Crippen LogP contribution < -0.4 is 5.32 Å². The van der Waals surface area contributed by atoms with Crippen molar-refractivity contribution in [3.63, 3.8) is 0 Å². The van der Waals surface area contributed by atoms with Gasteiger partial charge in [-0.3, -0.25) is 0 Å². The third kappa shape index (κ3) is 3.78. The Labute approximate surface area is 180 Å². The molecule has 2 atom stereocenters. The van der Waals surface area contributed by atoms with Crippen molar-refractivity contribution in [1.82, 2.24) is 15.1 Å². The number of carboxylic acids is 1. The zero-order chi connectivity index (χ0) is 21.5. The number of hydrogen-bond acceptors (Lipinski definition) is 3. The Balaban J connectivity index is 1.48. The molecule has 4 aliphatic heterocycles. The van der Waals surface area contributed by atoms with E-state index in [9.17, 15) is 19.1 Å². The average Bonchev–Trinajstić information content (AvgIpc) is 2.79. The number of carbonyl (C=O) groups is 2. The summed E-state index contributed by atoms with van der Waals surface area (Å²) in [6, 6.07) is 10.7. The summed E-state index contributed by atoms with van der Waals surface area (Å²) in [4.78, 5) is 29.2. The van der Waals surface area contributed by atoms with Crippen LogP contribution in [0.25, 0.3) is 0 Å². The summed E-state index contributed by atoms with van der Waals surface area (Å²) in [5.41, 5.74) is 2.77. The minimum absolute atomic E-state index is 0.135. The van der Waals surface area contributed by atoms with Crippen LogP contribution in [-0.2, 0) is 6.42 Å². The van der Waals surface area contributed by atoms with Gasteiger partial charge in [0.2, 0.25) is 0 Å². The first-order chi connectivity index (χ1) is 15.0. The summed E-state index contributed by atoms with van der Waals surface area (Å²) in [6.07, 6.45) is 2.87. The van der Waals surface area contributed by atoms with Crippen molar-refractivity contribution in [3.8, 4) is 0 Å². The monoisotopic (exact) mass is 423 g/mol. The minimum atomic E-state index is -1.01. The van der Waals surface area contributed by atoms with Gasteiger partial charge in [0.1, 0.15) is 5.82 Å². The molecule has 2 aromatic rings. The second-order valence-corrected chi connectivity index (χ2v) is 8.81. The van der Waals surface area contributed by atoms with Crippen LogP contribution in [0.2, 0.25) is 0 Å². The molecule has 2 aromatic carbocycles. The molecule has 0 aromatic heterocycles. The van der Waals surface area contributed by atoms with E-state index in [0.717, 1.165) is 49.2 Å². The van der Waals surface area contributed by atoms with Gasteiger partial charge < -0.3 is 20.2 Å². The Morgan fingerprint density at radius 1 is 1.03 bits per heavy atom. The topological polar surface area (TPSA) is 72.9 Å². The number of nitrogens with one attached hydrogen (secondary N) is 1. The van der Waals surface area contributed by atoms with Gasteiger partial charge in [0.15, 0.2) is 0 Å². The summed E-state index contributed by atoms with van der Waals surface area (Å²) in [6.45, 7) is 3.61. The molecule has 6 rings (SSSR count). The van der Waals surface area contributed by atoms with E-state index in [-0.39, 0.29) is 23.5 Å². The fourth-order valence-electron chi connectivity index (χ4n) is 5.34. The molecule has 1 unspecified atom stereocenters. The van der Waals surface area contributed by atoms with E-state index in [0.29, 0.717) is 18.9 Å². The molecule has 0 saturated carbocycles. The Kier molecular flexibility index (Phi) is 5.14. The fourth-order valence-corrected chi connectivity index (χ4v) is 5.34. The number of amides is 2. The van der Waals surface area contributed by atoms with E-state index in [2.05, 4.69) is 10.2 Å². The smallest absolute Gasteiger partial charge is 0.335 e. The molecule has 4 heterocycles. The van der Waals surface area contributed by atoms with Gasteiger partial charge >= 0.3 is 12.0 Å². The van der Waals surface area contributed by atoms with E-state index in [1.807, 2.05) is 6.07 Å². The van der Waals surface area contributed by atoms with Crippen molar-refractivity contribution in [3.05, 3.63) is 70.5 Å².